The van der Waals surface area contributed by atoms with Gasteiger partial charge in [0.25, 0.3) is 11.8 Å². The van der Waals surface area contributed by atoms with E-state index in [9.17, 15) is 14.0 Å². The fraction of sp³-hybridized carbons (Fsp3) is 0.560. The summed E-state index contributed by atoms with van der Waals surface area (Å²) in [4.78, 5) is 25.5. The first kappa shape index (κ1) is 24.5. The molecule has 2 N–H and O–H groups in total. The van der Waals surface area contributed by atoms with Crippen molar-refractivity contribution >= 4 is 23.4 Å². The van der Waals surface area contributed by atoms with Crippen molar-refractivity contribution in [1.29, 1.82) is 0 Å². The Hall–Kier alpha value is -2.61. The second-order valence-corrected chi connectivity index (χ2v) is 11.1. The molecule has 3 saturated carbocycles. The van der Waals surface area contributed by atoms with Crippen molar-refractivity contribution in [1.82, 2.24) is 15.8 Å². The molecule has 0 aliphatic heterocycles. The minimum absolute atomic E-state index is 0.00227. The molecule has 34 heavy (non-hydrogen) atoms. The maximum Gasteiger partial charge on any atom is 0.290 e. The van der Waals surface area contributed by atoms with E-state index in [1.165, 1.54) is 12.1 Å². The number of hydrogen-bond acceptors (Lipinski definition) is 5. The summed E-state index contributed by atoms with van der Waals surface area (Å²) in [6.07, 6.45) is 3.76. The summed E-state index contributed by atoms with van der Waals surface area (Å²) in [6.45, 7) is 7.94. The molecular formula is C25H31ClFN3O4. The smallest absolute Gasteiger partial charge is 0.290 e. The number of benzene rings is 1. The summed E-state index contributed by atoms with van der Waals surface area (Å²) >= 11 is 5.68. The third-order valence-corrected chi connectivity index (χ3v) is 7.58. The number of hydrogen-bond donors (Lipinski definition) is 2. The van der Waals surface area contributed by atoms with Crippen LogP contribution in [0.25, 0.3) is 0 Å². The molecule has 3 aliphatic carbocycles. The Kier molecular flexibility index (Phi) is 6.40. The maximum atomic E-state index is 13.6. The molecule has 1 aromatic heterocycles. The lowest BCUT2D eigenvalue weighted by molar-refractivity contribution is -0.128. The van der Waals surface area contributed by atoms with Gasteiger partial charge >= 0.3 is 0 Å². The largest absolute Gasteiger partial charge is 0.484 e. The zero-order valence-electron chi connectivity index (χ0n) is 20.0. The van der Waals surface area contributed by atoms with Gasteiger partial charge in [-0.25, -0.2) is 4.39 Å². The highest BCUT2D eigenvalue weighted by molar-refractivity contribution is 6.30. The molecule has 5 rings (SSSR count). The number of ether oxygens (including phenoxy) is 1. The second kappa shape index (κ2) is 8.87. The van der Waals surface area contributed by atoms with Gasteiger partial charge in [0, 0.05) is 28.6 Å². The molecule has 2 bridgehead atoms. The van der Waals surface area contributed by atoms with E-state index in [-0.39, 0.29) is 57.4 Å². The molecule has 2 aromatic rings. The van der Waals surface area contributed by atoms with E-state index in [0.717, 1.165) is 43.9 Å². The Morgan fingerprint density at radius 2 is 1.91 bits per heavy atom. The molecule has 1 atom stereocenters. The van der Waals surface area contributed by atoms with Gasteiger partial charge in [-0.15, -0.1) is 0 Å². The zero-order valence-corrected chi connectivity index (χ0v) is 20.7. The average Bonchev–Trinajstić information content (AvgIpc) is 3.27. The van der Waals surface area contributed by atoms with E-state index in [1.807, 2.05) is 20.8 Å². The van der Waals surface area contributed by atoms with Crippen molar-refractivity contribution in [3.63, 3.8) is 0 Å². The van der Waals surface area contributed by atoms with Crippen molar-refractivity contribution in [2.24, 2.45) is 5.92 Å². The first-order valence-electron chi connectivity index (χ1n) is 11.6. The van der Waals surface area contributed by atoms with Gasteiger partial charge in [0.2, 0.25) is 5.76 Å². The Labute approximate surface area is 203 Å². The lowest BCUT2D eigenvalue weighted by atomic mass is 9.56. The molecule has 0 spiro atoms. The number of rotatable bonds is 6. The minimum Gasteiger partial charge on any atom is -0.484 e. The zero-order chi connectivity index (χ0) is 24.7. The predicted octanol–water partition coefficient (Wildman–Crippen LogP) is 4.78. The highest BCUT2D eigenvalue weighted by atomic mass is 35.5. The van der Waals surface area contributed by atoms with Gasteiger partial charge in [-0.3, -0.25) is 9.59 Å². The quantitative estimate of drug-likeness (QED) is 0.606. The van der Waals surface area contributed by atoms with E-state index < -0.39 is 5.82 Å². The van der Waals surface area contributed by atoms with Crippen LogP contribution in [0.5, 0.6) is 5.75 Å². The summed E-state index contributed by atoms with van der Waals surface area (Å²) in [5.41, 5.74) is -0.131. The van der Waals surface area contributed by atoms with Crippen LogP contribution in [0.2, 0.25) is 5.02 Å². The Balaban J connectivity index is 1.34. The third kappa shape index (κ3) is 4.92. The van der Waals surface area contributed by atoms with E-state index in [1.54, 1.807) is 6.07 Å². The van der Waals surface area contributed by atoms with Crippen LogP contribution in [0.1, 0.15) is 76.0 Å². The van der Waals surface area contributed by atoms with Crippen LogP contribution < -0.4 is 15.4 Å². The minimum atomic E-state index is -0.593. The monoisotopic (exact) mass is 491 g/mol. The molecule has 7 nitrogen and oxygen atoms in total. The molecule has 0 unspecified atom stereocenters. The van der Waals surface area contributed by atoms with Crippen LogP contribution in [0, 0.1) is 11.7 Å². The second-order valence-electron chi connectivity index (χ2n) is 10.7. The van der Waals surface area contributed by atoms with Gasteiger partial charge in [-0.1, -0.05) is 44.5 Å². The number of amides is 2. The fourth-order valence-electron chi connectivity index (χ4n) is 5.14. The number of nitrogens with one attached hydrogen (secondary N) is 2. The van der Waals surface area contributed by atoms with Crippen LogP contribution in [0.4, 0.5) is 4.39 Å². The predicted molar refractivity (Wildman–Crippen MR) is 125 cm³/mol. The number of nitrogens with zero attached hydrogens (tertiary/aromatic N) is 1. The van der Waals surface area contributed by atoms with Crippen molar-refractivity contribution in [2.75, 3.05) is 6.61 Å². The van der Waals surface area contributed by atoms with E-state index in [0.29, 0.717) is 0 Å². The van der Waals surface area contributed by atoms with Gasteiger partial charge in [0.15, 0.2) is 6.61 Å². The molecule has 9 heteroatoms. The van der Waals surface area contributed by atoms with E-state index in [2.05, 4.69) is 22.7 Å². The van der Waals surface area contributed by atoms with Gasteiger partial charge in [0.05, 0.1) is 10.7 Å². The molecule has 0 saturated heterocycles. The van der Waals surface area contributed by atoms with Gasteiger partial charge < -0.3 is 19.9 Å². The molecule has 3 fully saturated rings. The standard InChI is InChI=1S/C25H31ClFN3O4/c1-15-13-24(29-22(32)19-12-20(30-34-19)23(2,3)4)7-9-25(15,10-8-24)28-21(31)14-33-16-5-6-17(26)18(27)11-16/h5-6,11-12,15H,7-10,13-14H2,1-4H3,(H,28,31)(H,29,32)/t15-,24?,25?/m0/s1. The lowest BCUT2D eigenvalue weighted by Crippen LogP contribution is -2.67. The number of halogens is 2. The highest BCUT2D eigenvalue weighted by Gasteiger charge is 2.54. The van der Waals surface area contributed by atoms with E-state index in [4.69, 9.17) is 20.9 Å². The number of aromatic nitrogens is 1. The molecule has 2 amide bonds. The Bertz CT molecular complexity index is 1090. The molecule has 3 aliphatic rings. The van der Waals surface area contributed by atoms with Gasteiger partial charge in [0.1, 0.15) is 11.6 Å². The summed E-state index contributed by atoms with van der Waals surface area (Å²) in [5, 5.41) is 10.4. The molecule has 184 valence electrons. The van der Waals surface area contributed by atoms with Crippen LogP contribution in [-0.2, 0) is 10.2 Å². The van der Waals surface area contributed by atoms with Crippen molar-refractivity contribution in [2.45, 2.75) is 76.3 Å². The summed E-state index contributed by atoms with van der Waals surface area (Å²) in [7, 11) is 0. The van der Waals surface area contributed by atoms with Crippen LogP contribution in [0.15, 0.2) is 28.8 Å². The lowest BCUT2D eigenvalue weighted by Gasteiger charge is -2.57. The van der Waals surface area contributed by atoms with Crippen molar-refractivity contribution in [3.05, 3.63) is 46.6 Å². The van der Waals surface area contributed by atoms with Crippen molar-refractivity contribution in [3.8, 4) is 5.75 Å². The van der Waals surface area contributed by atoms with Crippen LogP contribution in [-0.4, -0.2) is 34.7 Å². The number of carbonyl (C=O) groups is 2. The molecule has 1 heterocycles. The topological polar surface area (TPSA) is 93.5 Å². The summed E-state index contributed by atoms with van der Waals surface area (Å²) in [5.74, 6) is -0.469. The van der Waals surface area contributed by atoms with Crippen LogP contribution in [0.3, 0.4) is 0 Å². The molecule has 1 aromatic carbocycles. The van der Waals surface area contributed by atoms with Gasteiger partial charge in [-0.2, -0.15) is 0 Å². The summed E-state index contributed by atoms with van der Waals surface area (Å²) in [6, 6.07) is 5.78. The first-order valence-corrected chi connectivity index (χ1v) is 12.0. The summed E-state index contributed by atoms with van der Waals surface area (Å²) < 4.78 is 24.3. The highest BCUT2D eigenvalue weighted by Crippen LogP contribution is 2.50. The normalized spacial score (nSPS) is 26.2. The van der Waals surface area contributed by atoms with Crippen LogP contribution >= 0.6 is 11.6 Å². The average molecular weight is 492 g/mol. The SMILES string of the molecule is C[C@H]1CC2(NC(=O)c3cc(C(C)(C)C)no3)CCC1(NC(=O)COc1ccc(Cl)c(F)c1)CC2. The maximum absolute atomic E-state index is 13.6. The van der Waals surface area contributed by atoms with Gasteiger partial charge in [-0.05, 0) is 50.2 Å². The Morgan fingerprint density at radius 3 is 2.50 bits per heavy atom. The third-order valence-electron chi connectivity index (χ3n) is 7.27. The number of fused-ring (bicyclic) bond motifs is 3. The van der Waals surface area contributed by atoms with E-state index >= 15 is 0 Å². The first-order chi connectivity index (χ1) is 15.9. The molecular weight excluding hydrogens is 461 g/mol. The van der Waals surface area contributed by atoms with Crippen molar-refractivity contribution < 1.29 is 23.2 Å². The molecule has 0 radical (unpaired) electrons. The Morgan fingerprint density at radius 1 is 1.21 bits per heavy atom. The number of carbonyl (C=O) groups excluding carboxylic acids is 2. The fourth-order valence-corrected chi connectivity index (χ4v) is 5.26.